The van der Waals surface area contributed by atoms with Gasteiger partial charge in [-0.1, -0.05) is 0 Å². The van der Waals surface area contributed by atoms with Crippen LogP contribution in [0.5, 0.6) is 0 Å². The van der Waals surface area contributed by atoms with Crippen LogP contribution in [0.25, 0.3) is 11.0 Å². The van der Waals surface area contributed by atoms with Crippen LogP contribution in [-0.4, -0.2) is 47.8 Å². The molecular formula is C18H23N3O5. The molecule has 140 valence electrons. The number of hydrogen-bond donors (Lipinski definition) is 0. The number of hydrogen-bond acceptors (Lipinski definition) is 6. The second kappa shape index (κ2) is 7.05. The Bertz CT molecular complexity index is 865. The van der Waals surface area contributed by atoms with Crippen molar-refractivity contribution in [3.05, 3.63) is 34.7 Å². The molecule has 0 spiro atoms. The van der Waals surface area contributed by atoms with Gasteiger partial charge in [-0.15, -0.1) is 0 Å². The van der Waals surface area contributed by atoms with Gasteiger partial charge in [0.1, 0.15) is 0 Å². The maximum atomic E-state index is 12.4. The smallest absolute Gasteiger partial charge is 0.414 e. The van der Waals surface area contributed by atoms with Crippen LogP contribution in [0.2, 0.25) is 0 Å². The molecule has 26 heavy (non-hydrogen) atoms. The zero-order chi connectivity index (χ0) is 18.9. The molecule has 0 bridgehead atoms. The molecule has 0 atom stereocenters. The van der Waals surface area contributed by atoms with Crippen molar-refractivity contribution >= 4 is 22.8 Å². The van der Waals surface area contributed by atoms with Crippen LogP contribution in [0, 0.1) is 0 Å². The monoisotopic (exact) mass is 361 g/mol. The van der Waals surface area contributed by atoms with Gasteiger partial charge >= 0.3 is 6.09 Å². The van der Waals surface area contributed by atoms with Gasteiger partial charge in [0.05, 0.1) is 49.8 Å². The molecule has 1 aliphatic heterocycles. The second-order valence-electron chi connectivity index (χ2n) is 7.03. The number of nitrogens with zero attached hydrogens (tertiary/aromatic N) is 3. The molecule has 0 radical (unpaired) electrons. The average molecular weight is 361 g/mol. The lowest BCUT2D eigenvalue weighted by atomic mass is 10.1. The fourth-order valence-corrected chi connectivity index (χ4v) is 2.99. The van der Waals surface area contributed by atoms with Crippen molar-refractivity contribution in [3.63, 3.8) is 0 Å². The van der Waals surface area contributed by atoms with Gasteiger partial charge in [-0.25, -0.2) is 4.79 Å². The van der Waals surface area contributed by atoms with Crippen molar-refractivity contribution in [3.8, 4) is 0 Å². The van der Waals surface area contributed by atoms with E-state index >= 15 is 0 Å². The minimum absolute atomic E-state index is 0.184. The standard InChI is InChI=1S/C18H23N3O5/c1-18(2,3)21(17(23)24-4)12-9-14-13(19-10-12)5-6-15(22)20(14)11-16-25-7-8-26-16/h5-6,9-10,16H,7-8,11H2,1-4H3. The molecule has 2 aromatic rings. The highest BCUT2D eigenvalue weighted by Gasteiger charge is 2.29. The molecule has 0 saturated carbocycles. The number of methoxy groups -OCH3 is 1. The first kappa shape index (κ1) is 18.3. The lowest BCUT2D eigenvalue weighted by Gasteiger charge is -2.34. The van der Waals surface area contributed by atoms with Crippen LogP contribution in [0.3, 0.4) is 0 Å². The molecule has 3 rings (SSSR count). The van der Waals surface area contributed by atoms with Gasteiger partial charge in [-0.05, 0) is 32.9 Å². The van der Waals surface area contributed by atoms with E-state index in [0.717, 1.165) is 0 Å². The third-order valence-corrected chi connectivity index (χ3v) is 4.13. The molecule has 0 unspecified atom stereocenters. The van der Waals surface area contributed by atoms with Crippen LogP contribution in [-0.2, 0) is 20.8 Å². The highest BCUT2D eigenvalue weighted by molar-refractivity contribution is 5.91. The predicted octanol–water partition coefficient (Wildman–Crippen LogP) is 2.14. The number of carbonyl (C=O) groups is 1. The summed E-state index contributed by atoms with van der Waals surface area (Å²) in [7, 11) is 1.33. The number of amides is 1. The Hall–Kier alpha value is -2.45. The molecule has 8 nitrogen and oxygen atoms in total. The van der Waals surface area contributed by atoms with Crippen molar-refractivity contribution in [2.75, 3.05) is 25.2 Å². The Morgan fingerprint density at radius 1 is 1.35 bits per heavy atom. The van der Waals surface area contributed by atoms with Gasteiger partial charge < -0.3 is 18.8 Å². The van der Waals surface area contributed by atoms with E-state index < -0.39 is 17.9 Å². The van der Waals surface area contributed by atoms with Crippen LogP contribution in [0.1, 0.15) is 20.8 Å². The number of aromatic nitrogens is 2. The maximum absolute atomic E-state index is 12.4. The van der Waals surface area contributed by atoms with E-state index in [1.807, 2.05) is 20.8 Å². The highest BCUT2D eigenvalue weighted by Crippen LogP contribution is 2.27. The summed E-state index contributed by atoms with van der Waals surface area (Å²) < 4.78 is 17.4. The summed E-state index contributed by atoms with van der Waals surface area (Å²) in [5.74, 6) is 0. The number of anilines is 1. The van der Waals surface area contributed by atoms with Crippen LogP contribution in [0.15, 0.2) is 29.2 Å². The number of rotatable bonds is 3. The van der Waals surface area contributed by atoms with E-state index in [2.05, 4.69) is 4.98 Å². The zero-order valence-corrected chi connectivity index (χ0v) is 15.4. The largest absolute Gasteiger partial charge is 0.452 e. The average Bonchev–Trinajstić information content (AvgIpc) is 3.09. The highest BCUT2D eigenvalue weighted by atomic mass is 16.7. The lowest BCUT2D eigenvalue weighted by Crippen LogP contribution is -2.46. The van der Waals surface area contributed by atoms with Crippen molar-refractivity contribution < 1.29 is 19.0 Å². The fourth-order valence-electron chi connectivity index (χ4n) is 2.99. The number of ether oxygens (including phenoxy) is 3. The quantitative estimate of drug-likeness (QED) is 0.833. The number of fused-ring (bicyclic) bond motifs is 1. The van der Waals surface area contributed by atoms with Crippen LogP contribution >= 0.6 is 0 Å². The van der Waals surface area contributed by atoms with Crippen LogP contribution in [0.4, 0.5) is 10.5 Å². The van der Waals surface area contributed by atoms with Gasteiger partial charge in [-0.2, -0.15) is 0 Å². The Morgan fingerprint density at radius 2 is 2.04 bits per heavy atom. The van der Waals surface area contributed by atoms with Crippen molar-refractivity contribution in [1.82, 2.24) is 9.55 Å². The Morgan fingerprint density at radius 3 is 2.65 bits per heavy atom. The Labute approximate surface area is 151 Å². The van der Waals surface area contributed by atoms with Crippen molar-refractivity contribution in [2.45, 2.75) is 39.1 Å². The van der Waals surface area contributed by atoms with Crippen molar-refractivity contribution in [2.24, 2.45) is 0 Å². The van der Waals surface area contributed by atoms with Gasteiger partial charge in [0, 0.05) is 11.6 Å². The van der Waals surface area contributed by atoms with Crippen molar-refractivity contribution in [1.29, 1.82) is 0 Å². The first-order valence-electron chi connectivity index (χ1n) is 8.42. The summed E-state index contributed by atoms with van der Waals surface area (Å²) in [5, 5.41) is 0. The van der Waals surface area contributed by atoms with Gasteiger partial charge in [-0.3, -0.25) is 14.7 Å². The molecule has 1 fully saturated rings. The van der Waals surface area contributed by atoms with E-state index in [9.17, 15) is 9.59 Å². The van der Waals surface area contributed by atoms with E-state index in [1.165, 1.54) is 18.1 Å². The first-order chi connectivity index (χ1) is 12.3. The number of pyridine rings is 2. The summed E-state index contributed by atoms with van der Waals surface area (Å²) >= 11 is 0. The van der Waals surface area contributed by atoms with E-state index in [-0.39, 0.29) is 12.1 Å². The number of carbonyl (C=O) groups excluding carboxylic acids is 1. The molecule has 1 aliphatic rings. The SMILES string of the molecule is COC(=O)N(c1cnc2ccc(=O)n(CC3OCCO3)c2c1)C(C)(C)C. The molecule has 8 heteroatoms. The molecule has 1 saturated heterocycles. The molecular weight excluding hydrogens is 338 g/mol. The molecule has 0 aliphatic carbocycles. The minimum Gasteiger partial charge on any atom is -0.452 e. The third kappa shape index (κ3) is 3.56. The van der Waals surface area contributed by atoms with E-state index in [1.54, 1.807) is 22.9 Å². The van der Waals surface area contributed by atoms with Gasteiger partial charge in [0.15, 0.2) is 6.29 Å². The summed E-state index contributed by atoms with van der Waals surface area (Å²) in [5.41, 5.74) is 1.08. The third-order valence-electron chi connectivity index (χ3n) is 4.13. The zero-order valence-electron chi connectivity index (χ0n) is 15.4. The molecule has 3 heterocycles. The molecule has 1 amide bonds. The predicted molar refractivity (Wildman–Crippen MR) is 96.3 cm³/mol. The normalized spacial score (nSPS) is 15.4. The van der Waals surface area contributed by atoms with E-state index in [4.69, 9.17) is 14.2 Å². The molecule has 2 aromatic heterocycles. The topological polar surface area (TPSA) is 82.9 Å². The molecule has 0 aromatic carbocycles. The fraction of sp³-hybridized carbons (Fsp3) is 0.500. The lowest BCUT2D eigenvalue weighted by molar-refractivity contribution is -0.0522. The summed E-state index contributed by atoms with van der Waals surface area (Å²) in [4.78, 5) is 30.6. The Balaban J connectivity index is 2.11. The summed E-state index contributed by atoms with van der Waals surface area (Å²) in [6, 6.07) is 4.89. The summed E-state index contributed by atoms with van der Waals surface area (Å²) in [6.45, 7) is 6.96. The van der Waals surface area contributed by atoms with Gasteiger partial charge in [0.2, 0.25) is 0 Å². The van der Waals surface area contributed by atoms with Crippen LogP contribution < -0.4 is 10.5 Å². The van der Waals surface area contributed by atoms with Gasteiger partial charge in [0.25, 0.3) is 5.56 Å². The Kier molecular flexibility index (Phi) is 4.97. The second-order valence-corrected chi connectivity index (χ2v) is 7.03. The van der Waals surface area contributed by atoms with E-state index in [0.29, 0.717) is 29.9 Å². The first-order valence-corrected chi connectivity index (χ1v) is 8.42. The maximum Gasteiger partial charge on any atom is 0.414 e. The molecule has 0 N–H and O–H groups in total. The minimum atomic E-state index is -0.528. The summed E-state index contributed by atoms with van der Waals surface area (Å²) in [6.07, 6.45) is 0.634.